The number of benzene rings is 1. The summed E-state index contributed by atoms with van der Waals surface area (Å²) in [6.45, 7) is 0.353. The summed E-state index contributed by atoms with van der Waals surface area (Å²) >= 11 is 5.73. The van der Waals surface area contributed by atoms with Gasteiger partial charge in [-0.1, -0.05) is 11.6 Å². The minimum absolute atomic E-state index is 0.0856. The lowest BCUT2D eigenvalue weighted by atomic mass is 10.00. The Labute approximate surface area is 125 Å². The van der Waals surface area contributed by atoms with Crippen LogP contribution in [0.5, 0.6) is 0 Å². The number of rotatable bonds is 3. The Kier molecular flexibility index (Phi) is 4.42. The number of carbonyl (C=O) groups is 2. The summed E-state index contributed by atoms with van der Waals surface area (Å²) in [6.07, 6.45) is 2.00. The van der Waals surface area contributed by atoms with Crippen molar-refractivity contribution in [1.82, 2.24) is 4.90 Å². The highest BCUT2D eigenvalue weighted by Gasteiger charge is 2.34. The van der Waals surface area contributed by atoms with E-state index in [1.807, 2.05) is 0 Å². The lowest BCUT2D eigenvalue weighted by Gasteiger charge is -2.33. The molecule has 0 aromatic heterocycles. The van der Waals surface area contributed by atoms with Crippen molar-refractivity contribution in [1.29, 1.82) is 0 Å². The van der Waals surface area contributed by atoms with Crippen LogP contribution in [0.15, 0.2) is 18.2 Å². The van der Waals surface area contributed by atoms with Gasteiger partial charge in [-0.2, -0.15) is 0 Å². The van der Waals surface area contributed by atoms with E-state index in [2.05, 4.69) is 0 Å². The predicted molar refractivity (Wildman–Crippen MR) is 76.0 cm³/mol. The molecule has 7 nitrogen and oxygen atoms in total. The molecule has 0 saturated carbocycles. The Bertz CT molecular complexity index is 605. The number of nitrogens with two attached hydrogens (primary N) is 1. The predicted octanol–water partition coefficient (Wildman–Crippen LogP) is 1.73. The molecule has 1 unspecified atom stereocenters. The van der Waals surface area contributed by atoms with Crippen LogP contribution in [-0.2, 0) is 4.79 Å². The zero-order chi connectivity index (χ0) is 15.6. The van der Waals surface area contributed by atoms with Crippen LogP contribution in [0.4, 0.5) is 5.69 Å². The Morgan fingerprint density at radius 3 is 2.71 bits per heavy atom. The SMILES string of the molecule is NC(=O)C1CCCCN1C(=O)c1ccc(Cl)cc1[N+](=O)[O-]. The van der Waals surface area contributed by atoms with E-state index in [9.17, 15) is 19.7 Å². The molecule has 1 saturated heterocycles. The first-order chi connectivity index (χ1) is 9.91. The molecule has 0 radical (unpaired) electrons. The van der Waals surface area contributed by atoms with Gasteiger partial charge in [0.2, 0.25) is 5.91 Å². The fraction of sp³-hybridized carbons (Fsp3) is 0.385. The molecule has 8 heteroatoms. The molecule has 112 valence electrons. The van der Waals surface area contributed by atoms with Crippen molar-refractivity contribution >= 4 is 29.1 Å². The molecule has 1 aromatic rings. The van der Waals surface area contributed by atoms with E-state index in [-0.39, 0.29) is 16.3 Å². The van der Waals surface area contributed by atoms with Gasteiger partial charge >= 0.3 is 0 Å². The number of halogens is 1. The molecule has 2 N–H and O–H groups in total. The smallest absolute Gasteiger partial charge is 0.283 e. The van der Waals surface area contributed by atoms with Gasteiger partial charge in [-0.25, -0.2) is 0 Å². The number of hydrogen-bond acceptors (Lipinski definition) is 4. The quantitative estimate of drug-likeness (QED) is 0.677. The Balaban J connectivity index is 2.39. The Morgan fingerprint density at radius 1 is 1.38 bits per heavy atom. The fourth-order valence-electron chi connectivity index (χ4n) is 2.46. The largest absolute Gasteiger partial charge is 0.368 e. The average Bonchev–Trinajstić information content (AvgIpc) is 2.46. The number of nitrogens with zero attached hydrogens (tertiary/aromatic N) is 2. The Hall–Kier alpha value is -2.15. The molecule has 2 amide bonds. The molecule has 1 fully saturated rings. The van der Waals surface area contributed by atoms with Crippen LogP contribution in [0.2, 0.25) is 5.02 Å². The summed E-state index contributed by atoms with van der Waals surface area (Å²) in [7, 11) is 0. The molecular formula is C13H14ClN3O4. The number of piperidine rings is 1. The van der Waals surface area contributed by atoms with E-state index in [1.54, 1.807) is 0 Å². The number of nitro groups is 1. The first-order valence-electron chi connectivity index (χ1n) is 6.46. The maximum atomic E-state index is 12.5. The summed E-state index contributed by atoms with van der Waals surface area (Å²) in [5, 5.41) is 11.2. The molecule has 2 rings (SSSR count). The normalized spacial score (nSPS) is 18.3. The van der Waals surface area contributed by atoms with Gasteiger partial charge in [0.25, 0.3) is 11.6 Å². The lowest BCUT2D eigenvalue weighted by Crippen LogP contribution is -2.50. The van der Waals surface area contributed by atoms with Crippen LogP contribution in [-0.4, -0.2) is 34.2 Å². The van der Waals surface area contributed by atoms with Crippen molar-refractivity contribution in [3.05, 3.63) is 38.9 Å². The summed E-state index contributed by atoms with van der Waals surface area (Å²) < 4.78 is 0. The third-order valence-electron chi connectivity index (χ3n) is 3.48. The van der Waals surface area contributed by atoms with E-state index in [1.165, 1.54) is 17.0 Å². The van der Waals surface area contributed by atoms with Gasteiger partial charge < -0.3 is 10.6 Å². The zero-order valence-corrected chi connectivity index (χ0v) is 11.9. The van der Waals surface area contributed by atoms with Crippen molar-refractivity contribution in [3.8, 4) is 0 Å². The molecule has 1 atom stereocenters. The molecule has 0 bridgehead atoms. The fourth-order valence-corrected chi connectivity index (χ4v) is 2.63. The summed E-state index contributed by atoms with van der Waals surface area (Å²) in [4.78, 5) is 35.7. The van der Waals surface area contributed by atoms with Gasteiger partial charge in [-0.3, -0.25) is 19.7 Å². The van der Waals surface area contributed by atoms with Crippen LogP contribution >= 0.6 is 11.6 Å². The molecular weight excluding hydrogens is 298 g/mol. The second kappa shape index (κ2) is 6.09. The van der Waals surface area contributed by atoms with E-state index in [4.69, 9.17) is 17.3 Å². The highest BCUT2D eigenvalue weighted by Crippen LogP contribution is 2.27. The molecule has 1 aromatic carbocycles. The molecule has 0 spiro atoms. The standard InChI is InChI=1S/C13H14ClN3O4/c14-8-4-5-9(11(7-8)17(20)21)13(19)16-6-2-1-3-10(16)12(15)18/h4-5,7,10H,1-3,6H2,(H2,15,18). The van der Waals surface area contributed by atoms with Gasteiger partial charge in [0.15, 0.2) is 0 Å². The summed E-state index contributed by atoms with van der Waals surface area (Å²) in [6, 6.07) is 3.11. The topological polar surface area (TPSA) is 107 Å². The third-order valence-corrected chi connectivity index (χ3v) is 3.71. The molecule has 1 aliphatic heterocycles. The first kappa shape index (κ1) is 15.2. The van der Waals surface area contributed by atoms with Gasteiger partial charge in [0, 0.05) is 17.6 Å². The van der Waals surface area contributed by atoms with Crippen LogP contribution in [0.25, 0.3) is 0 Å². The number of likely N-dealkylation sites (tertiary alicyclic amines) is 1. The van der Waals surface area contributed by atoms with Crippen molar-refractivity contribution in [2.75, 3.05) is 6.54 Å². The van der Waals surface area contributed by atoms with Crippen molar-refractivity contribution in [2.45, 2.75) is 25.3 Å². The first-order valence-corrected chi connectivity index (χ1v) is 6.84. The molecule has 1 aliphatic rings. The Morgan fingerprint density at radius 2 is 2.10 bits per heavy atom. The second-order valence-electron chi connectivity index (χ2n) is 4.83. The number of nitro benzene ring substituents is 1. The van der Waals surface area contributed by atoms with E-state index in [0.29, 0.717) is 13.0 Å². The van der Waals surface area contributed by atoms with Gasteiger partial charge in [0.05, 0.1) is 4.92 Å². The summed E-state index contributed by atoms with van der Waals surface area (Å²) in [5.41, 5.74) is 4.85. The molecule has 0 aliphatic carbocycles. The highest BCUT2D eigenvalue weighted by molar-refractivity contribution is 6.31. The van der Waals surface area contributed by atoms with Gasteiger partial charge in [-0.05, 0) is 31.4 Å². The molecule has 21 heavy (non-hydrogen) atoms. The van der Waals surface area contributed by atoms with Crippen LogP contribution in [0.1, 0.15) is 29.6 Å². The van der Waals surface area contributed by atoms with E-state index >= 15 is 0 Å². The third kappa shape index (κ3) is 3.13. The second-order valence-corrected chi connectivity index (χ2v) is 5.27. The number of hydrogen-bond donors (Lipinski definition) is 1. The van der Waals surface area contributed by atoms with E-state index < -0.39 is 22.8 Å². The van der Waals surface area contributed by atoms with Gasteiger partial charge in [0.1, 0.15) is 11.6 Å². The monoisotopic (exact) mass is 311 g/mol. The molecule has 1 heterocycles. The summed E-state index contributed by atoms with van der Waals surface area (Å²) in [5.74, 6) is -1.17. The van der Waals surface area contributed by atoms with Crippen LogP contribution in [0, 0.1) is 10.1 Å². The number of amides is 2. The van der Waals surface area contributed by atoms with Crippen molar-refractivity contribution in [2.24, 2.45) is 5.73 Å². The van der Waals surface area contributed by atoms with Crippen LogP contribution < -0.4 is 5.73 Å². The van der Waals surface area contributed by atoms with E-state index in [0.717, 1.165) is 18.9 Å². The number of carbonyl (C=O) groups excluding carboxylic acids is 2. The average molecular weight is 312 g/mol. The minimum atomic E-state index is -0.721. The van der Waals surface area contributed by atoms with Crippen LogP contribution in [0.3, 0.4) is 0 Å². The van der Waals surface area contributed by atoms with Crippen molar-refractivity contribution in [3.63, 3.8) is 0 Å². The maximum absolute atomic E-state index is 12.5. The van der Waals surface area contributed by atoms with Crippen molar-refractivity contribution < 1.29 is 14.5 Å². The number of primary amides is 1. The zero-order valence-electron chi connectivity index (χ0n) is 11.1. The minimum Gasteiger partial charge on any atom is -0.368 e. The lowest BCUT2D eigenvalue weighted by molar-refractivity contribution is -0.385. The van der Waals surface area contributed by atoms with Gasteiger partial charge in [-0.15, -0.1) is 0 Å². The maximum Gasteiger partial charge on any atom is 0.283 e. The highest BCUT2D eigenvalue weighted by atomic mass is 35.5.